The first-order chi connectivity index (χ1) is 9.58. The van der Waals surface area contributed by atoms with Crippen molar-refractivity contribution in [3.05, 3.63) is 30.1 Å². The van der Waals surface area contributed by atoms with Gasteiger partial charge in [0.25, 0.3) is 0 Å². The summed E-state index contributed by atoms with van der Waals surface area (Å²) in [5.41, 5.74) is 1.99. The highest BCUT2D eigenvalue weighted by molar-refractivity contribution is 5.92. The van der Waals surface area contributed by atoms with E-state index in [1.807, 2.05) is 18.4 Å². The van der Waals surface area contributed by atoms with Crippen molar-refractivity contribution in [2.24, 2.45) is 0 Å². The first kappa shape index (κ1) is 14.5. The van der Waals surface area contributed by atoms with Crippen LogP contribution in [0, 0.1) is 0 Å². The second-order valence-electron chi connectivity index (χ2n) is 5.07. The number of rotatable bonds is 7. The van der Waals surface area contributed by atoms with Crippen LogP contribution in [0.3, 0.4) is 0 Å². The number of carbonyl (C=O) groups is 1. The second-order valence-corrected chi connectivity index (χ2v) is 5.07. The summed E-state index contributed by atoms with van der Waals surface area (Å²) in [7, 11) is 0. The van der Waals surface area contributed by atoms with E-state index < -0.39 is 5.97 Å². The number of aromatic carboxylic acids is 1. The van der Waals surface area contributed by atoms with E-state index in [1.54, 1.807) is 24.5 Å². The standard InChI is InChI=1S/C15H20N2O3/c1-11(2)20-8-4-3-7-17-10-16-13-6-5-12(15(18)19)9-14(13)17/h5-6,9-11H,3-4,7-8H2,1-2H3,(H,18,19). The Morgan fingerprint density at radius 3 is 2.90 bits per heavy atom. The van der Waals surface area contributed by atoms with Gasteiger partial charge in [-0.3, -0.25) is 0 Å². The molecule has 1 heterocycles. The van der Waals surface area contributed by atoms with Crippen molar-refractivity contribution in [1.29, 1.82) is 0 Å². The number of aromatic nitrogens is 2. The van der Waals surface area contributed by atoms with E-state index in [0.717, 1.165) is 37.0 Å². The quantitative estimate of drug-likeness (QED) is 0.790. The van der Waals surface area contributed by atoms with Crippen molar-refractivity contribution in [3.8, 4) is 0 Å². The summed E-state index contributed by atoms with van der Waals surface area (Å²) in [6.45, 7) is 5.62. The summed E-state index contributed by atoms with van der Waals surface area (Å²) in [5, 5.41) is 9.02. The van der Waals surface area contributed by atoms with Gasteiger partial charge in [0.2, 0.25) is 0 Å². The molecule has 0 saturated carbocycles. The van der Waals surface area contributed by atoms with Gasteiger partial charge in [0.1, 0.15) is 0 Å². The molecule has 20 heavy (non-hydrogen) atoms. The Hall–Kier alpha value is -1.88. The molecule has 1 aromatic carbocycles. The maximum Gasteiger partial charge on any atom is 0.335 e. The van der Waals surface area contributed by atoms with Crippen molar-refractivity contribution in [2.45, 2.75) is 39.3 Å². The van der Waals surface area contributed by atoms with Crippen LogP contribution in [0.2, 0.25) is 0 Å². The Bertz CT molecular complexity index is 590. The third kappa shape index (κ3) is 3.57. The van der Waals surface area contributed by atoms with Crippen molar-refractivity contribution < 1.29 is 14.6 Å². The number of aryl methyl sites for hydroxylation is 1. The lowest BCUT2D eigenvalue weighted by Crippen LogP contribution is -2.05. The fraction of sp³-hybridized carbons (Fsp3) is 0.467. The molecule has 0 fully saturated rings. The predicted molar refractivity (Wildman–Crippen MR) is 77.0 cm³/mol. The van der Waals surface area contributed by atoms with Crippen LogP contribution in [0.25, 0.3) is 11.0 Å². The highest BCUT2D eigenvalue weighted by atomic mass is 16.5. The molecule has 0 aliphatic rings. The fourth-order valence-electron chi connectivity index (χ4n) is 2.07. The molecule has 0 saturated heterocycles. The molecule has 1 N–H and O–H groups in total. The molecule has 0 unspecified atom stereocenters. The zero-order valence-electron chi connectivity index (χ0n) is 11.9. The van der Waals surface area contributed by atoms with Crippen molar-refractivity contribution >= 4 is 17.0 Å². The highest BCUT2D eigenvalue weighted by Gasteiger charge is 2.07. The lowest BCUT2D eigenvalue weighted by atomic mass is 10.2. The number of nitrogens with zero attached hydrogens (tertiary/aromatic N) is 2. The monoisotopic (exact) mass is 276 g/mol. The topological polar surface area (TPSA) is 64.4 Å². The Kier molecular flexibility index (Phi) is 4.74. The smallest absolute Gasteiger partial charge is 0.335 e. The van der Waals surface area contributed by atoms with Crippen molar-refractivity contribution in [3.63, 3.8) is 0 Å². The molecule has 1 aromatic heterocycles. The average Bonchev–Trinajstić information content (AvgIpc) is 2.80. The van der Waals surface area contributed by atoms with Gasteiger partial charge in [0.15, 0.2) is 0 Å². The van der Waals surface area contributed by atoms with Crippen LogP contribution in [0.15, 0.2) is 24.5 Å². The summed E-state index contributed by atoms with van der Waals surface area (Å²) in [6.07, 6.45) is 3.99. The Labute approximate surface area is 118 Å². The van der Waals surface area contributed by atoms with Crippen LogP contribution in [0.1, 0.15) is 37.0 Å². The normalized spacial score (nSPS) is 11.3. The molecular formula is C15H20N2O3. The van der Waals surface area contributed by atoms with Crippen LogP contribution < -0.4 is 0 Å². The van der Waals surface area contributed by atoms with E-state index in [4.69, 9.17) is 9.84 Å². The molecule has 0 bridgehead atoms. The number of benzene rings is 1. The maximum absolute atomic E-state index is 11.0. The molecule has 2 rings (SSSR count). The minimum atomic E-state index is -0.912. The molecule has 108 valence electrons. The number of fused-ring (bicyclic) bond motifs is 1. The van der Waals surface area contributed by atoms with Gasteiger partial charge in [-0.2, -0.15) is 0 Å². The third-order valence-electron chi connectivity index (χ3n) is 3.11. The molecule has 2 aromatic rings. The number of ether oxygens (including phenoxy) is 1. The van der Waals surface area contributed by atoms with E-state index in [2.05, 4.69) is 4.98 Å². The van der Waals surface area contributed by atoms with Crippen LogP contribution in [0.4, 0.5) is 0 Å². The minimum absolute atomic E-state index is 0.266. The van der Waals surface area contributed by atoms with E-state index in [-0.39, 0.29) is 6.10 Å². The Balaban J connectivity index is 1.99. The predicted octanol–water partition coefficient (Wildman–Crippen LogP) is 2.94. The summed E-state index contributed by atoms with van der Waals surface area (Å²) < 4.78 is 7.49. The SMILES string of the molecule is CC(C)OCCCCn1cnc2ccc(C(=O)O)cc21. The number of hydrogen-bond donors (Lipinski definition) is 1. The van der Waals surface area contributed by atoms with Crippen molar-refractivity contribution in [1.82, 2.24) is 9.55 Å². The van der Waals surface area contributed by atoms with E-state index >= 15 is 0 Å². The number of hydrogen-bond acceptors (Lipinski definition) is 3. The van der Waals surface area contributed by atoms with Gasteiger partial charge in [0, 0.05) is 13.2 Å². The van der Waals surface area contributed by atoms with E-state index in [9.17, 15) is 4.79 Å². The minimum Gasteiger partial charge on any atom is -0.478 e. The largest absolute Gasteiger partial charge is 0.478 e. The average molecular weight is 276 g/mol. The van der Waals surface area contributed by atoms with Gasteiger partial charge in [-0.15, -0.1) is 0 Å². The lowest BCUT2D eigenvalue weighted by molar-refractivity contribution is 0.0697. The van der Waals surface area contributed by atoms with E-state index in [1.165, 1.54) is 0 Å². The zero-order valence-corrected chi connectivity index (χ0v) is 11.9. The summed E-state index contributed by atoms with van der Waals surface area (Å²) in [4.78, 5) is 15.3. The molecule has 0 amide bonds. The lowest BCUT2D eigenvalue weighted by Gasteiger charge is -2.08. The third-order valence-corrected chi connectivity index (χ3v) is 3.11. The van der Waals surface area contributed by atoms with Gasteiger partial charge < -0.3 is 14.4 Å². The van der Waals surface area contributed by atoms with Gasteiger partial charge in [-0.05, 0) is 44.9 Å². The Morgan fingerprint density at radius 2 is 2.20 bits per heavy atom. The van der Waals surface area contributed by atoms with Crippen LogP contribution in [0.5, 0.6) is 0 Å². The molecule has 0 aliphatic carbocycles. The highest BCUT2D eigenvalue weighted by Crippen LogP contribution is 2.16. The maximum atomic E-state index is 11.0. The van der Waals surface area contributed by atoms with Gasteiger partial charge in [0.05, 0.1) is 29.0 Å². The number of unbranched alkanes of at least 4 members (excludes halogenated alkanes) is 1. The summed E-state index contributed by atoms with van der Waals surface area (Å²) in [6, 6.07) is 5.00. The molecule has 5 nitrogen and oxygen atoms in total. The molecule has 5 heteroatoms. The number of carboxylic acid groups (broad SMARTS) is 1. The molecule has 0 radical (unpaired) electrons. The van der Waals surface area contributed by atoms with Gasteiger partial charge in [-0.25, -0.2) is 9.78 Å². The van der Waals surface area contributed by atoms with Gasteiger partial charge >= 0.3 is 5.97 Å². The summed E-state index contributed by atoms with van der Waals surface area (Å²) in [5.74, 6) is -0.912. The molecule has 0 aliphatic heterocycles. The summed E-state index contributed by atoms with van der Waals surface area (Å²) >= 11 is 0. The van der Waals surface area contributed by atoms with Gasteiger partial charge in [-0.1, -0.05) is 0 Å². The second kappa shape index (κ2) is 6.52. The van der Waals surface area contributed by atoms with Crippen LogP contribution in [-0.2, 0) is 11.3 Å². The molecule has 0 spiro atoms. The number of carboxylic acids is 1. The molecular weight excluding hydrogens is 256 g/mol. The first-order valence-electron chi connectivity index (χ1n) is 6.87. The van der Waals surface area contributed by atoms with Crippen LogP contribution >= 0.6 is 0 Å². The first-order valence-corrected chi connectivity index (χ1v) is 6.87. The zero-order chi connectivity index (χ0) is 14.5. The van der Waals surface area contributed by atoms with Crippen LogP contribution in [-0.4, -0.2) is 33.3 Å². The van der Waals surface area contributed by atoms with E-state index in [0.29, 0.717) is 5.56 Å². The Morgan fingerprint density at radius 1 is 1.40 bits per heavy atom. The van der Waals surface area contributed by atoms with Crippen molar-refractivity contribution in [2.75, 3.05) is 6.61 Å². The fourth-order valence-corrected chi connectivity index (χ4v) is 2.07. The number of imidazole rings is 1. The molecule has 0 atom stereocenters.